The Morgan fingerprint density at radius 1 is 1.04 bits per heavy atom. The van der Waals surface area contributed by atoms with Crippen molar-refractivity contribution < 1.29 is 54.1 Å². The molecular formula is C12H17NO12. The Hall–Kier alpha value is -1.61. The van der Waals surface area contributed by atoms with Gasteiger partial charge in [0.2, 0.25) is 0 Å². The third-order valence-electron chi connectivity index (χ3n) is 4.31. The number of hydrogen-bond acceptors (Lipinski definition) is 11. The van der Waals surface area contributed by atoms with E-state index < -0.39 is 66.2 Å². The lowest BCUT2D eigenvalue weighted by Crippen LogP contribution is -2.61. The van der Waals surface area contributed by atoms with Gasteiger partial charge in [0.15, 0.2) is 18.5 Å². The zero-order valence-corrected chi connectivity index (χ0v) is 12.6. The van der Waals surface area contributed by atoms with Gasteiger partial charge in [0, 0.05) is 0 Å². The number of nitrogens with zero attached hydrogens (tertiary/aromatic N) is 1. The van der Waals surface area contributed by atoms with Crippen LogP contribution < -0.4 is 0 Å². The second-order valence-electron chi connectivity index (χ2n) is 5.87. The molecule has 13 nitrogen and oxygen atoms in total. The second kappa shape index (κ2) is 6.95. The van der Waals surface area contributed by atoms with E-state index in [2.05, 4.69) is 4.84 Å². The molecule has 4 N–H and O–H groups in total. The van der Waals surface area contributed by atoms with Gasteiger partial charge in [-0.2, -0.15) is 0 Å². The number of rotatable bonds is 5. The monoisotopic (exact) mass is 367 g/mol. The van der Waals surface area contributed by atoms with E-state index in [9.17, 15) is 30.2 Å². The Bertz CT molecular complexity index is 530. The summed E-state index contributed by atoms with van der Waals surface area (Å²) < 4.78 is 21.2. The number of fused-ring (bicyclic) bond motifs is 1. The molecule has 0 bridgehead atoms. The summed E-state index contributed by atoms with van der Waals surface area (Å²) >= 11 is 0. The highest BCUT2D eigenvalue weighted by Gasteiger charge is 2.53. The van der Waals surface area contributed by atoms with E-state index in [0.717, 1.165) is 0 Å². The van der Waals surface area contributed by atoms with Crippen molar-refractivity contribution in [3.8, 4) is 0 Å². The van der Waals surface area contributed by atoms with Crippen molar-refractivity contribution in [2.24, 2.45) is 0 Å². The van der Waals surface area contributed by atoms with E-state index in [-0.39, 0.29) is 13.2 Å². The number of carbonyl (C=O) groups is 1. The summed E-state index contributed by atoms with van der Waals surface area (Å²) in [4.78, 5) is 25.9. The highest BCUT2D eigenvalue weighted by atomic mass is 17.0. The minimum Gasteiger partial charge on any atom is -0.479 e. The van der Waals surface area contributed by atoms with E-state index in [1.807, 2.05) is 0 Å². The van der Waals surface area contributed by atoms with Crippen LogP contribution in [0.2, 0.25) is 0 Å². The van der Waals surface area contributed by atoms with Crippen LogP contribution in [0.1, 0.15) is 0 Å². The molecule has 142 valence electrons. The molecule has 3 saturated heterocycles. The first-order chi connectivity index (χ1) is 11.8. The van der Waals surface area contributed by atoms with Crippen molar-refractivity contribution in [3.63, 3.8) is 0 Å². The van der Waals surface area contributed by atoms with Crippen LogP contribution in [0, 0.1) is 10.1 Å². The molecule has 3 rings (SSSR count). The van der Waals surface area contributed by atoms with Crippen molar-refractivity contribution in [1.82, 2.24) is 0 Å². The lowest BCUT2D eigenvalue weighted by Gasteiger charge is -2.39. The molecule has 3 aliphatic rings. The quantitative estimate of drug-likeness (QED) is 0.279. The molecule has 9 atom stereocenters. The highest BCUT2D eigenvalue weighted by molar-refractivity contribution is 5.73. The fraction of sp³-hybridized carbons (Fsp3) is 0.917. The number of aliphatic hydroxyl groups excluding tert-OH is 3. The lowest BCUT2D eigenvalue weighted by molar-refractivity contribution is -0.769. The predicted octanol–water partition coefficient (Wildman–Crippen LogP) is -3.36. The molecule has 13 heteroatoms. The summed E-state index contributed by atoms with van der Waals surface area (Å²) in [6, 6.07) is 0. The molecule has 0 saturated carbocycles. The van der Waals surface area contributed by atoms with E-state index >= 15 is 0 Å². The topological polar surface area (TPSA) is 187 Å². The van der Waals surface area contributed by atoms with Gasteiger partial charge in [-0.25, -0.2) is 4.79 Å². The Balaban J connectivity index is 1.64. The van der Waals surface area contributed by atoms with Gasteiger partial charge in [0.05, 0.1) is 13.2 Å². The van der Waals surface area contributed by atoms with Gasteiger partial charge in [0.25, 0.3) is 5.09 Å². The number of carboxylic acid groups (broad SMARTS) is 1. The summed E-state index contributed by atoms with van der Waals surface area (Å²) in [5.41, 5.74) is 0. The molecular weight excluding hydrogens is 350 g/mol. The normalized spacial score (nSPS) is 46.6. The minimum absolute atomic E-state index is 0.0735. The van der Waals surface area contributed by atoms with Crippen molar-refractivity contribution in [2.75, 3.05) is 13.2 Å². The summed E-state index contributed by atoms with van der Waals surface area (Å²) in [5, 5.41) is 47.8. The maximum atomic E-state index is 11.1. The Labute approximate surface area is 139 Å². The standard InChI is InChI=1S/C12H17NO12/c14-5-6(15)10(11(17)18)24-12(7(5)16)23-3-1-21-9-4(25-13(19)20)2-22-8(3)9/h3-10,12,14-16H,1-2H2,(H,17,18)/t3-,4+,5?,6?,7?,8-,9-,10?,12?/m1/s1. The average Bonchev–Trinajstić information content (AvgIpc) is 3.11. The van der Waals surface area contributed by atoms with Crippen LogP contribution in [0.4, 0.5) is 0 Å². The smallest absolute Gasteiger partial charge is 0.335 e. The largest absolute Gasteiger partial charge is 0.479 e. The van der Waals surface area contributed by atoms with Crippen LogP contribution in [0.5, 0.6) is 0 Å². The third-order valence-corrected chi connectivity index (χ3v) is 4.31. The molecule has 0 radical (unpaired) electrons. The first-order valence-electron chi connectivity index (χ1n) is 7.42. The van der Waals surface area contributed by atoms with Crippen LogP contribution in [0.15, 0.2) is 0 Å². The maximum Gasteiger partial charge on any atom is 0.335 e. The molecule has 0 amide bonds. The van der Waals surface area contributed by atoms with Crippen molar-refractivity contribution in [2.45, 2.75) is 55.1 Å². The molecule has 0 aromatic heterocycles. The van der Waals surface area contributed by atoms with Crippen molar-refractivity contribution >= 4 is 5.97 Å². The zero-order chi connectivity index (χ0) is 18.3. The molecule has 0 aromatic rings. The summed E-state index contributed by atoms with van der Waals surface area (Å²) in [5.74, 6) is -1.54. The third kappa shape index (κ3) is 3.39. The number of aliphatic carboxylic acids is 1. The van der Waals surface area contributed by atoms with Crippen molar-refractivity contribution in [1.29, 1.82) is 0 Å². The van der Waals surface area contributed by atoms with Crippen LogP contribution >= 0.6 is 0 Å². The first-order valence-corrected chi connectivity index (χ1v) is 7.42. The summed E-state index contributed by atoms with van der Waals surface area (Å²) in [7, 11) is 0. The summed E-state index contributed by atoms with van der Waals surface area (Å²) in [6.45, 7) is -0.181. The molecule has 3 aliphatic heterocycles. The minimum atomic E-state index is -1.83. The molecule has 3 heterocycles. The Morgan fingerprint density at radius 2 is 1.64 bits per heavy atom. The number of carboxylic acids is 1. The van der Waals surface area contributed by atoms with Gasteiger partial charge in [-0.15, -0.1) is 10.1 Å². The molecule has 3 fully saturated rings. The van der Waals surface area contributed by atoms with Crippen LogP contribution in [0.3, 0.4) is 0 Å². The van der Waals surface area contributed by atoms with Gasteiger partial charge in [-0.05, 0) is 0 Å². The van der Waals surface area contributed by atoms with Crippen molar-refractivity contribution in [3.05, 3.63) is 10.1 Å². The van der Waals surface area contributed by atoms with E-state index in [4.69, 9.17) is 24.1 Å². The molecule has 5 unspecified atom stereocenters. The van der Waals surface area contributed by atoms with Gasteiger partial charge in [0.1, 0.15) is 36.6 Å². The van der Waals surface area contributed by atoms with E-state index in [1.54, 1.807) is 0 Å². The Morgan fingerprint density at radius 3 is 2.24 bits per heavy atom. The van der Waals surface area contributed by atoms with E-state index in [0.29, 0.717) is 0 Å². The SMILES string of the molecule is O=C(O)C1OC(O[C@@H]2CO[C@H]3[C@@H]2OC[C@@H]3O[N+](=O)[O-])C(O)C(O)C1O. The molecule has 25 heavy (non-hydrogen) atoms. The molecule has 0 spiro atoms. The van der Waals surface area contributed by atoms with Gasteiger partial charge >= 0.3 is 5.97 Å². The van der Waals surface area contributed by atoms with Crippen LogP contribution in [0.25, 0.3) is 0 Å². The first kappa shape index (κ1) is 18.2. The zero-order valence-electron chi connectivity index (χ0n) is 12.6. The van der Waals surface area contributed by atoms with Gasteiger partial charge in [-0.1, -0.05) is 0 Å². The molecule has 0 aromatic carbocycles. The fourth-order valence-electron chi connectivity index (χ4n) is 3.08. The number of ether oxygens (including phenoxy) is 4. The average molecular weight is 367 g/mol. The Kier molecular flexibility index (Phi) is 5.06. The maximum absolute atomic E-state index is 11.1. The van der Waals surface area contributed by atoms with E-state index in [1.165, 1.54) is 0 Å². The number of aliphatic hydroxyl groups is 3. The van der Waals surface area contributed by atoms with Gasteiger partial charge in [-0.3, -0.25) is 0 Å². The fourth-order valence-corrected chi connectivity index (χ4v) is 3.08. The predicted molar refractivity (Wildman–Crippen MR) is 70.5 cm³/mol. The molecule has 0 aliphatic carbocycles. The highest BCUT2D eigenvalue weighted by Crippen LogP contribution is 2.33. The summed E-state index contributed by atoms with van der Waals surface area (Å²) in [6.07, 6.45) is -12.0. The lowest BCUT2D eigenvalue weighted by atomic mass is 9.99. The second-order valence-corrected chi connectivity index (χ2v) is 5.87. The van der Waals surface area contributed by atoms with Crippen LogP contribution in [-0.2, 0) is 28.6 Å². The van der Waals surface area contributed by atoms with Gasteiger partial charge < -0.3 is 44.2 Å². The number of hydrogen-bond donors (Lipinski definition) is 4. The van der Waals surface area contributed by atoms with Crippen LogP contribution in [-0.4, -0.2) is 99.8 Å².